The van der Waals surface area contributed by atoms with E-state index in [1.807, 2.05) is 0 Å². The third-order valence-electron chi connectivity index (χ3n) is 7.72. The number of carbonyl (C=O) groups excluding carboxylic acids is 1. The first-order chi connectivity index (χ1) is 9.55. The van der Waals surface area contributed by atoms with E-state index in [0.717, 1.165) is 30.6 Å². The van der Waals surface area contributed by atoms with Gasteiger partial charge >= 0.3 is 0 Å². The smallest absolute Gasteiger partial charge is 0.136 e. The van der Waals surface area contributed by atoms with E-state index >= 15 is 0 Å². The van der Waals surface area contributed by atoms with Crippen LogP contribution in [0, 0.1) is 34.5 Å². The van der Waals surface area contributed by atoms with Gasteiger partial charge in [-0.15, -0.1) is 0 Å². The largest absolute Gasteiger partial charge is 0.299 e. The summed E-state index contributed by atoms with van der Waals surface area (Å²) in [5.74, 6) is 3.57. The number of Topliss-reactive ketones (excluding diaryl/α,β-unsaturated/α-hetero) is 1. The van der Waals surface area contributed by atoms with Crippen LogP contribution in [0.4, 0.5) is 0 Å². The molecule has 0 spiro atoms. The molecule has 0 aromatic carbocycles. The Kier molecular flexibility index (Phi) is 2.76. The molecule has 4 aliphatic rings. The van der Waals surface area contributed by atoms with Crippen molar-refractivity contribution in [2.45, 2.75) is 65.2 Å². The third-order valence-corrected chi connectivity index (χ3v) is 7.72. The Morgan fingerprint density at radius 3 is 2.80 bits per heavy atom. The van der Waals surface area contributed by atoms with Gasteiger partial charge in [-0.2, -0.15) is 0 Å². The van der Waals surface area contributed by atoms with Crippen LogP contribution in [0.3, 0.4) is 0 Å². The van der Waals surface area contributed by atoms with Crippen LogP contribution < -0.4 is 0 Å². The fourth-order valence-electron chi connectivity index (χ4n) is 6.64. The minimum absolute atomic E-state index is 0.335. The summed E-state index contributed by atoms with van der Waals surface area (Å²) >= 11 is 0. The molecule has 0 aromatic heterocycles. The molecule has 0 heterocycles. The average molecular weight is 272 g/mol. The molecule has 0 aliphatic heterocycles. The maximum atomic E-state index is 12.4. The summed E-state index contributed by atoms with van der Waals surface area (Å²) in [5, 5.41) is 0. The molecule has 3 saturated carbocycles. The SMILES string of the molecule is CC12C=CCC1C1CCC3C(=O)CCCC3(C)C1CC2. The molecule has 0 N–H and O–H groups in total. The van der Waals surface area contributed by atoms with E-state index < -0.39 is 0 Å². The Morgan fingerprint density at radius 2 is 1.95 bits per heavy atom. The van der Waals surface area contributed by atoms with Crippen molar-refractivity contribution >= 4 is 5.78 Å². The van der Waals surface area contributed by atoms with Crippen LogP contribution in [-0.4, -0.2) is 5.78 Å². The molecule has 0 amide bonds. The van der Waals surface area contributed by atoms with Gasteiger partial charge in [0.2, 0.25) is 0 Å². The highest BCUT2D eigenvalue weighted by Gasteiger charge is 2.57. The van der Waals surface area contributed by atoms with E-state index in [1.165, 1.54) is 38.5 Å². The second-order valence-corrected chi connectivity index (χ2v) is 8.52. The van der Waals surface area contributed by atoms with E-state index in [1.54, 1.807) is 0 Å². The number of allylic oxidation sites excluding steroid dienone is 2. The highest BCUT2D eigenvalue weighted by molar-refractivity contribution is 5.82. The fraction of sp³-hybridized carbons (Fsp3) is 0.842. The highest BCUT2D eigenvalue weighted by atomic mass is 16.1. The summed E-state index contributed by atoms with van der Waals surface area (Å²) in [6.07, 6.45) is 14.8. The van der Waals surface area contributed by atoms with Crippen molar-refractivity contribution in [3.63, 3.8) is 0 Å². The van der Waals surface area contributed by atoms with E-state index in [0.29, 0.717) is 22.5 Å². The maximum Gasteiger partial charge on any atom is 0.136 e. The topological polar surface area (TPSA) is 17.1 Å². The highest BCUT2D eigenvalue weighted by Crippen LogP contribution is 2.64. The van der Waals surface area contributed by atoms with Gasteiger partial charge in [-0.3, -0.25) is 4.79 Å². The molecule has 0 aromatic rings. The molecule has 3 fully saturated rings. The van der Waals surface area contributed by atoms with Crippen molar-refractivity contribution in [2.75, 3.05) is 0 Å². The maximum absolute atomic E-state index is 12.4. The predicted molar refractivity (Wildman–Crippen MR) is 81.3 cm³/mol. The minimum atomic E-state index is 0.335. The van der Waals surface area contributed by atoms with Gasteiger partial charge in [0.15, 0.2) is 0 Å². The third kappa shape index (κ3) is 1.58. The Bertz CT molecular complexity index is 464. The summed E-state index contributed by atoms with van der Waals surface area (Å²) in [6, 6.07) is 0. The van der Waals surface area contributed by atoms with Crippen molar-refractivity contribution in [3.05, 3.63) is 12.2 Å². The van der Waals surface area contributed by atoms with Crippen molar-refractivity contribution in [1.29, 1.82) is 0 Å². The summed E-state index contributed by atoms with van der Waals surface area (Å²) in [4.78, 5) is 12.4. The van der Waals surface area contributed by atoms with Gasteiger partial charge in [0.25, 0.3) is 0 Å². The summed E-state index contributed by atoms with van der Waals surface area (Å²) < 4.78 is 0. The zero-order valence-corrected chi connectivity index (χ0v) is 13.0. The summed E-state index contributed by atoms with van der Waals surface area (Å²) in [7, 11) is 0. The molecule has 1 nitrogen and oxygen atoms in total. The Balaban J connectivity index is 1.67. The number of fused-ring (bicyclic) bond motifs is 5. The van der Waals surface area contributed by atoms with Crippen LogP contribution in [0.25, 0.3) is 0 Å². The number of hydrogen-bond donors (Lipinski definition) is 0. The first-order valence-corrected chi connectivity index (χ1v) is 8.75. The lowest BCUT2D eigenvalue weighted by Crippen LogP contribution is -2.54. The lowest BCUT2D eigenvalue weighted by atomic mass is 9.45. The van der Waals surface area contributed by atoms with Crippen LogP contribution >= 0.6 is 0 Å². The van der Waals surface area contributed by atoms with Crippen molar-refractivity contribution in [1.82, 2.24) is 0 Å². The molecular formula is C19H28O. The van der Waals surface area contributed by atoms with Gasteiger partial charge in [-0.25, -0.2) is 0 Å². The summed E-state index contributed by atoms with van der Waals surface area (Å²) in [5.41, 5.74) is 0.811. The minimum Gasteiger partial charge on any atom is -0.299 e. The summed E-state index contributed by atoms with van der Waals surface area (Å²) in [6.45, 7) is 4.95. The van der Waals surface area contributed by atoms with Crippen LogP contribution in [0.15, 0.2) is 12.2 Å². The first kappa shape index (κ1) is 13.1. The van der Waals surface area contributed by atoms with E-state index in [4.69, 9.17) is 0 Å². The Morgan fingerprint density at radius 1 is 1.10 bits per heavy atom. The standard InChI is InChI=1S/C19H28O/c1-18-10-3-5-14(18)13-7-8-16-17(20)6-4-11-19(16,2)15(13)9-12-18/h3,10,13-16H,4-9,11-12H2,1-2H3. The number of rotatable bonds is 0. The number of hydrogen-bond acceptors (Lipinski definition) is 1. The number of carbonyl (C=O) groups is 1. The molecule has 20 heavy (non-hydrogen) atoms. The average Bonchev–Trinajstić information content (AvgIpc) is 2.80. The van der Waals surface area contributed by atoms with E-state index in [2.05, 4.69) is 26.0 Å². The van der Waals surface area contributed by atoms with Crippen LogP contribution in [0.2, 0.25) is 0 Å². The molecule has 6 unspecified atom stereocenters. The van der Waals surface area contributed by atoms with E-state index in [-0.39, 0.29) is 0 Å². The first-order valence-electron chi connectivity index (χ1n) is 8.75. The predicted octanol–water partition coefficient (Wildman–Crippen LogP) is 4.76. The molecule has 4 rings (SSSR count). The molecule has 6 atom stereocenters. The number of ketones is 1. The fourth-order valence-corrected chi connectivity index (χ4v) is 6.64. The normalized spacial score (nSPS) is 54.2. The molecule has 4 aliphatic carbocycles. The van der Waals surface area contributed by atoms with Crippen molar-refractivity contribution in [2.24, 2.45) is 34.5 Å². The molecule has 0 bridgehead atoms. The quantitative estimate of drug-likeness (QED) is 0.581. The zero-order valence-electron chi connectivity index (χ0n) is 13.0. The van der Waals surface area contributed by atoms with Crippen molar-refractivity contribution < 1.29 is 4.79 Å². The van der Waals surface area contributed by atoms with Crippen molar-refractivity contribution in [3.8, 4) is 0 Å². The van der Waals surface area contributed by atoms with Crippen LogP contribution in [0.5, 0.6) is 0 Å². The molecular weight excluding hydrogens is 244 g/mol. The molecule has 0 saturated heterocycles. The van der Waals surface area contributed by atoms with Gasteiger partial charge in [-0.1, -0.05) is 26.0 Å². The molecule has 1 heteroatoms. The molecule has 110 valence electrons. The second kappa shape index (κ2) is 4.21. The monoisotopic (exact) mass is 272 g/mol. The Labute approximate surface area is 123 Å². The van der Waals surface area contributed by atoms with Gasteiger partial charge in [0, 0.05) is 12.3 Å². The molecule has 0 radical (unpaired) electrons. The van der Waals surface area contributed by atoms with E-state index in [9.17, 15) is 4.79 Å². The lowest BCUT2D eigenvalue weighted by molar-refractivity contribution is -0.145. The van der Waals surface area contributed by atoms with Gasteiger partial charge < -0.3 is 0 Å². The second-order valence-electron chi connectivity index (χ2n) is 8.52. The van der Waals surface area contributed by atoms with Gasteiger partial charge in [-0.05, 0) is 73.5 Å². The Hall–Kier alpha value is -0.590. The lowest BCUT2D eigenvalue weighted by Gasteiger charge is -2.59. The van der Waals surface area contributed by atoms with Gasteiger partial charge in [0.05, 0.1) is 0 Å². The zero-order chi connectivity index (χ0) is 14.0. The van der Waals surface area contributed by atoms with Gasteiger partial charge in [0.1, 0.15) is 5.78 Å². The van der Waals surface area contributed by atoms with Crippen LogP contribution in [0.1, 0.15) is 65.2 Å². The van der Waals surface area contributed by atoms with Crippen LogP contribution in [-0.2, 0) is 4.79 Å².